The molecule has 2 aliphatic rings. The Morgan fingerprint density at radius 3 is 2.57 bits per heavy atom. The van der Waals surface area contributed by atoms with Gasteiger partial charge < -0.3 is 5.73 Å². The van der Waals surface area contributed by atoms with Gasteiger partial charge in [0.05, 0.1) is 24.1 Å². The first-order chi connectivity index (χ1) is 11.0. The van der Waals surface area contributed by atoms with Crippen molar-refractivity contribution >= 4 is 23.4 Å². The molecule has 122 valence electrons. The van der Waals surface area contributed by atoms with E-state index in [1.54, 1.807) is 12.1 Å². The van der Waals surface area contributed by atoms with Crippen LogP contribution < -0.4 is 10.6 Å². The van der Waals surface area contributed by atoms with Crippen LogP contribution in [0.25, 0.3) is 0 Å². The Bertz CT molecular complexity index is 641. The van der Waals surface area contributed by atoms with Crippen molar-refractivity contribution in [2.24, 2.45) is 11.7 Å². The van der Waals surface area contributed by atoms with E-state index in [0.717, 1.165) is 24.9 Å². The van der Waals surface area contributed by atoms with Gasteiger partial charge in [-0.3, -0.25) is 19.3 Å². The summed E-state index contributed by atoms with van der Waals surface area (Å²) in [6.07, 6.45) is 1.73. The van der Waals surface area contributed by atoms with Gasteiger partial charge in [-0.25, -0.2) is 4.90 Å². The number of likely N-dealkylation sites (tertiary alicyclic amines) is 1. The van der Waals surface area contributed by atoms with Crippen molar-refractivity contribution in [1.29, 1.82) is 0 Å². The number of anilines is 1. The minimum Gasteiger partial charge on any atom is -0.369 e. The highest BCUT2D eigenvalue weighted by Crippen LogP contribution is 2.28. The number of carbonyl (C=O) groups excluding carboxylic acids is 3. The lowest BCUT2D eigenvalue weighted by Gasteiger charge is -2.34. The van der Waals surface area contributed by atoms with E-state index < -0.39 is 6.04 Å². The Labute approximate surface area is 135 Å². The maximum Gasteiger partial charge on any atom is 0.251 e. The van der Waals surface area contributed by atoms with Gasteiger partial charge in [0.25, 0.3) is 5.91 Å². The van der Waals surface area contributed by atoms with Crippen molar-refractivity contribution in [2.75, 3.05) is 18.0 Å². The van der Waals surface area contributed by atoms with Crippen LogP contribution in [-0.4, -0.2) is 41.8 Å². The molecule has 2 heterocycles. The Balaban J connectivity index is 1.78. The third kappa shape index (κ3) is 2.99. The smallest absolute Gasteiger partial charge is 0.251 e. The Morgan fingerprint density at radius 2 is 1.91 bits per heavy atom. The van der Waals surface area contributed by atoms with Crippen LogP contribution in [0.1, 0.15) is 24.8 Å². The molecule has 2 atom stereocenters. The number of primary amides is 1. The molecule has 0 unspecified atom stereocenters. The monoisotopic (exact) mass is 315 g/mol. The van der Waals surface area contributed by atoms with E-state index >= 15 is 0 Å². The maximum atomic E-state index is 12.7. The van der Waals surface area contributed by atoms with Gasteiger partial charge in [-0.05, 0) is 38.4 Å². The van der Waals surface area contributed by atoms with Crippen LogP contribution in [0.15, 0.2) is 24.3 Å². The minimum atomic E-state index is -0.481. The van der Waals surface area contributed by atoms with Crippen molar-refractivity contribution in [1.82, 2.24) is 4.90 Å². The molecule has 1 aromatic carbocycles. The number of nitrogens with zero attached hydrogens (tertiary/aromatic N) is 2. The number of rotatable bonds is 3. The van der Waals surface area contributed by atoms with E-state index in [1.165, 1.54) is 4.90 Å². The summed E-state index contributed by atoms with van der Waals surface area (Å²) < 4.78 is 0. The first-order valence-electron chi connectivity index (χ1n) is 7.94. The highest BCUT2D eigenvalue weighted by molar-refractivity contribution is 6.22. The zero-order chi connectivity index (χ0) is 16.6. The number of hydrogen-bond acceptors (Lipinski definition) is 4. The van der Waals surface area contributed by atoms with E-state index in [1.807, 2.05) is 24.0 Å². The molecule has 2 aliphatic heterocycles. The number of piperidine rings is 1. The summed E-state index contributed by atoms with van der Waals surface area (Å²) in [6.45, 7) is 3.13. The number of amides is 3. The van der Waals surface area contributed by atoms with Gasteiger partial charge in [0.2, 0.25) is 11.8 Å². The van der Waals surface area contributed by atoms with Crippen molar-refractivity contribution in [3.63, 3.8) is 0 Å². The van der Waals surface area contributed by atoms with Crippen molar-refractivity contribution in [3.05, 3.63) is 29.8 Å². The number of aryl methyl sites for hydroxylation is 1. The van der Waals surface area contributed by atoms with Crippen LogP contribution in [0.5, 0.6) is 0 Å². The fourth-order valence-electron chi connectivity index (χ4n) is 3.39. The van der Waals surface area contributed by atoms with Gasteiger partial charge in [0, 0.05) is 6.54 Å². The molecular weight excluding hydrogens is 294 g/mol. The van der Waals surface area contributed by atoms with Crippen molar-refractivity contribution in [3.8, 4) is 0 Å². The molecule has 0 aliphatic carbocycles. The predicted octanol–water partition coefficient (Wildman–Crippen LogP) is 0.824. The Morgan fingerprint density at radius 1 is 1.22 bits per heavy atom. The molecule has 1 aromatic rings. The summed E-state index contributed by atoms with van der Waals surface area (Å²) >= 11 is 0. The van der Waals surface area contributed by atoms with Crippen LogP contribution in [0.3, 0.4) is 0 Å². The van der Waals surface area contributed by atoms with Crippen LogP contribution in [0.2, 0.25) is 0 Å². The topological polar surface area (TPSA) is 83.7 Å². The lowest BCUT2D eigenvalue weighted by molar-refractivity contribution is -0.127. The summed E-state index contributed by atoms with van der Waals surface area (Å²) in [5, 5.41) is 0. The van der Waals surface area contributed by atoms with Gasteiger partial charge in [-0.15, -0.1) is 0 Å². The van der Waals surface area contributed by atoms with Crippen LogP contribution in [0, 0.1) is 12.8 Å². The summed E-state index contributed by atoms with van der Waals surface area (Å²) in [5.74, 6) is -0.962. The normalized spacial score (nSPS) is 25.9. The lowest BCUT2D eigenvalue weighted by atomic mass is 9.96. The third-order valence-corrected chi connectivity index (χ3v) is 4.71. The average Bonchev–Trinajstić information content (AvgIpc) is 2.83. The van der Waals surface area contributed by atoms with Gasteiger partial charge in [-0.2, -0.15) is 0 Å². The first-order valence-corrected chi connectivity index (χ1v) is 7.94. The first kappa shape index (κ1) is 15.7. The zero-order valence-electron chi connectivity index (χ0n) is 13.2. The Kier molecular flexibility index (Phi) is 4.17. The number of nitrogens with two attached hydrogens (primary N) is 1. The van der Waals surface area contributed by atoms with Crippen molar-refractivity contribution in [2.45, 2.75) is 32.2 Å². The minimum absolute atomic E-state index is 0.165. The molecule has 0 spiro atoms. The molecule has 0 radical (unpaired) electrons. The molecule has 23 heavy (non-hydrogen) atoms. The molecule has 2 saturated heterocycles. The SMILES string of the molecule is Cc1ccc(N2C(=O)C[C@H](N3CCC[C@@H](C(N)=O)C3)C2=O)cc1. The molecule has 3 rings (SSSR count). The average molecular weight is 315 g/mol. The summed E-state index contributed by atoms with van der Waals surface area (Å²) in [7, 11) is 0. The zero-order valence-corrected chi connectivity index (χ0v) is 13.2. The number of imide groups is 1. The van der Waals surface area contributed by atoms with E-state index in [0.29, 0.717) is 12.2 Å². The second kappa shape index (κ2) is 6.12. The molecule has 2 fully saturated rings. The standard InChI is InChI=1S/C17H21N3O3/c1-11-4-6-13(7-5-11)20-15(21)9-14(17(20)23)19-8-2-3-12(10-19)16(18)22/h4-7,12,14H,2-3,8-10H2,1H3,(H2,18,22)/t12-,14+/m1/s1. The van der Waals surface area contributed by atoms with Gasteiger partial charge in [0.1, 0.15) is 0 Å². The second-order valence-electron chi connectivity index (χ2n) is 6.36. The fourth-order valence-corrected chi connectivity index (χ4v) is 3.39. The second-order valence-corrected chi connectivity index (χ2v) is 6.36. The molecule has 2 N–H and O–H groups in total. The van der Waals surface area contributed by atoms with Crippen LogP contribution in [-0.2, 0) is 14.4 Å². The summed E-state index contributed by atoms with van der Waals surface area (Å²) in [4.78, 5) is 39.7. The number of hydrogen-bond donors (Lipinski definition) is 1. The van der Waals surface area contributed by atoms with Gasteiger partial charge in [-0.1, -0.05) is 17.7 Å². The summed E-state index contributed by atoms with van der Waals surface area (Å²) in [6, 6.07) is 6.86. The van der Waals surface area contributed by atoms with E-state index in [2.05, 4.69) is 0 Å². The fraction of sp³-hybridized carbons (Fsp3) is 0.471. The van der Waals surface area contributed by atoms with E-state index in [-0.39, 0.29) is 30.1 Å². The molecule has 3 amide bonds. The molecular formula is C17H21N3O3. The maximum absolute atomic E-state index is 12.7. The number of carbonyl (C=O) groups is 3. The highest BCUT2D eigenvalue weighted by Gasteiger charge is 2.44. The van der Waals surface area contributed by atoms with Crippen LogP contribution in [0.4, 0.5) is 5.69 Å². The molecule has 6 nitrogen and oxygen atoms in total. The third-order valence-electron chi connectivity index (χ3n) is 4.71. The van der Waals surface area contributed by atoms with Gasteiger partial charge in [0.15, 0.2) is 0 Å². The molecule has 0 aromatic heterocycles. The summed E-state index contributed by atoms with van der Waals surface area (Å²) in [5.41, 5.74) is 7.08. The molecule has 0 bridgehead atoms. The highest BCUT2D eigenvalue weighted by atomic mass is 16.2. The molecule has 6 heteroatoms. The molecule has 0 saturated carbocycles. The Hall–Kier alpha value is -2.21. The largest absolute Gasteiger partial charge is 0.369 e. The van der Waals surface area contributed by atoms with E-state index in [4.69, 9.17) is 5.73 Å². The predicted molar refractivity (Wildman–Crippen MR) is 85.6 cm³/mol. The van der Waals surface area contributed by atoms with E-state index in [9.17, 15) is 14.4 Å². The quantitative estimate of drug-likeness (QED) is 0.837. The number of benzene rings is 1. The van der Waals surface area contributed by atoms with Crippen LogP contribution >= 0.6 is 0 Å². The van der Waals surface area contributed by atoms with Crippen molar-refractivity contribution < 1.29 is 14.4 Å². The van der Waals surface area contributed by atoms with Gasteiger partial charge >= 0.3 is 0 Å². The lowest BCUT2D eigenvalue weighted by Crippen LogP contribution is -2.49.